The molecule has 2 aromatic rings. The van der Waals surface area contributed by atoms with Crippen molar-refractivity contribution >= 4 is 27.3 Å². The average molecular weight is 300 g/mol. The van der Waals surface area contributed by atoms with E-state index in [2.05, 4.69) is 46.9 Å². The van der Waals surface area contributed by atoms with Crippen molar-refractivity contribution in [3.05, 3.63) is 32.8 Å². The zero-order valence-electron chi connectivity index (χ0n) is 8.29. The lowest BCUT2D eigenvalue weighted by Crippen LogP contribution is -2.05. The van der Waals surface area contributed by atoms with E-state index in [1.165, 1.54) is 12.4 Å². The first-order valence-electron chi connectivity index (χ1n) is 4.42. The summed E-state index contributed by atoms with van der Waals surface area (Å²) in [5.41, 5.74) is 0.206. The van der Waals surface area contributed by atoms with Crippen LogP contribution in [0.3, 0.4) is 0 Å². The predicted molar refractivity (Wildman–Crippen MR) is 60.1 cm³/mol. The Labute approximate surface area is 103 Å². The molecule has 0 unspecified atom stereocenters. The molecular weight excluding hydrogens is 294 g/mol. The number of aromatic nitrogens is 5. The number of H-pyrrole nitrogens is 1. The van der Waals surface area contributed by atoms with E-state index in [9.17, 15) is 10.1 Å². The maximum atomic E-state index is 10.8. The lowest BCUT2D eigenvalue weighted by molar-refractivity contribution is -0.384. The van der Waals surface area contributed by atoms with Crippen LogP contribution in [0.15, 0.2) is 16.9 Å². The zero-order valence-corrected chi connectivity index (χ0v) is 9.88. The van der Waals surface area contributed by atoms with Gasteiger partial charge in [-0.1, -0.05) is 5.21 Å². The molecule has 2 N–H and O–H groups in total. The van der Waals surface area contributed by atoms with Crippen LogP contribution in [-0.4, -0.2) is 30.5 Å². The van der Waals surface area contributed by atoms with Crippen molar-refractivity contribution in [3.63, 3.8) is 0 Å². The molecule has 9 nitrogen and oxygen atoms in total. The summed E-state index contributed by atoms with van der Waals surface area (Å²) in [7, 11) is 0. The Kier molecular flexibility index (Phi) is 3.23. The molecule has 0 saturated carbocycles. The minimum atomic E-state index is -0.518. The maximum Gasteiger partial charge on any atom is 0.311 e. The van der Waals surface area contributed by atoms with Crippen molar-refractivity contribution < 1.29 is 4.92 Å². The Hall–Kier alpha value is -2.10. The van der Waals surface area contributed by atoms with Crippen LogP contribution in [0, 0.1) is 10.1 Å². The van der Waals surface area contributed by atoms with Gasteiger partial charge in [-0.25, -0.2) is 0 Å². The highest BCUT2D eigenvalue weighted by Crippen LogP contribution is 2.31. The average Bonchev–Trinajstić information content (AvgIpc) is 2.80. The van der Waals surface area contributed by atoms with Crippen molar-refractivity contribution in [2.75, 3.05) is 5.32 Å². The van der Waals surface area contributed by atoms with E-state index in [-0.39, 0.29) is 12.2 Å². The minimum Gasteiger partial charge on any atom is -0.371 e. The summed E-state index contributed by atoms with van der Waals surface area (Å²) in [5.74, 6) is 0.406. The highest BCUT2D eigenvalue weighted by Gasteiger charge is 2.17. The van der Waals surface area contributed by atoms with Gasteiger partial charge in [0.05, 0.1) is 15.9 Å². The molecule has 0 radical (unpaired) electrons. The summed E-state index contributed by atoms with van der Waals surface area (Å²) >= 11 is 3.19. The van der Waals surface area contributed by atoms with E-state index < -0.39 is 4.92 Å². The summed E-state index contributed by atoms with van der Waals surface area (Å²) in [6, 6.07) is 0. The first kappa shape index (κ1) is 11.4. The normalized spacial score (nSPS) is 10.2. The molecule has 2 rings (SSSR count). The van der Waals surface area contributed by atoms with Crippen molar-refractivity contribution in [2.45, 2.75) is 6.54 Å². The Morgan fingerprint density at radius 3 is 3.00 bits per heavy atom. The number of rotatable bonds is 4. The molecule has 0 spiro atoms. The van der Waals surface area contributed by atoms with Crippen LogP contribution in [-0.2, 0) is 6.54 Å². The monoisotopic (exact) mass is 299 g/mol. The Morgan fingerprint density at radius 1 is 1.53 bits per heavy atom. The number of anilines is 1. The highest BCUT2D eigenvalue weighted by atomic mass is 79.9. The number of hydrogen-bond acceptors (Lipinski definition) is 7. The van der Waals surface area contributed by atoms with Crippen molar-refractivity contribution in [3.8, 4) is 0 Å². The number of nitrogens with one attached hydrogen (secondary N) is 2. The van der Waals surface area contributed by atoms with Crippen LogP contribution in [0.1, 0.15) is 5.82 Å². The fourth-order valence-corrected chi connectivity index (χ4v) is 1.62. The summed E-state index contributed by atoms with van der Waals surface area (Å²) in [4.78, 5) is 14.0. The van der Waals surface area contributed by atoms with Gasteiger partial charge < -0.3 is 5.32 Å². The third-order valence-electron chi connectivity index (χ3n) is 1.89. The molecule has 0 aliphatic heterocycles. The van der Waals surface area contributed by atoms with Gasteiger partial charge in [-0.15, -0.1) is 10.2 Å². The van der Waals surface area contributed by atoms with Gasteiger partial charge in [-0.2, -0.15) is 5.21 Å². The van der Waals surface area contributed by atoms with Gasteiger partial charge in [0.25, 0.3) is 0 Å². The molecule has 0 amide bonds. The molecule has 0 aliphatic rings. The van der Waals surface area contributed by atoms with E-state index in [0.29, 0.717) is 16.0 Å². The van der Waals surface area contributed by atoms with Crippen LogP contribution >= 0.6 is 15.9 Å². The summed E-state index contributed by atoms with van der Waals surface area (Å²) in [5, 5.41) is 26.8. The van der Waals surface area contributed by atoms with E-state index in [1.54, 1.807) is 0 Å². The number of pyridine rings is 1. The van der Waals surface area contributed by atoms with Crippen molar-refractivity contribution in [2.24, 2.45) is 0 Å². The molecule has 10 heteroatoms. The van der Waals surface area contributed by atoms with E-state index in [0.717, 1.165) is 0 Å². The van der Waals surface area contributed by atoms with Crippen LogP contribution in [0.5, 0.6) is 0 Å². The number of nitro groups is 1. The van der Waals surface area contributed by atoms with Crippen LogP contribution in [0.4, 0.5) is 11.4 Å². The van der Waals surface area contributed by atoms with Gasteiger partial charge in [-0.3, -0.25) is 15.1 Å². The van der Waals surface area contributed by atoms with Crippen LogP contribution in [0.2, 0.25) is 0 Å². The minimum absolute atomic E-state index is 0.122. The first-order valence-corrected chi connectivity index (χ1v) is 5.22. The van der Waals surface area contributed by atoms with Crippen molar-refractivity contribution in [1.82, 2.24) is 25.6 Å². The van der Waals surface area contributed by atoms with Crippen molar-refractivity contribution in [1.29, 1.82) is 0 Å². The quantitative estimate of drug-likeness (QED) is 0.634. The van der Waals surface area contributed by atoms with E-state index >= 15 is 0 Å². The molecule has 0 aliphatic carbocycles. The molecule has 17 heavy (non-hydrogen) atoms. The Balaban J connectivity index is 2.22. The van der Waals surface area contributed by atoms with E-state index in [1.807, 2.05) is 0 Å². The van der Waals surface area contributed by atoms with Gasteiger partial charge in [0, 0.05) is 6.20 Å². The molecule has 0 atom stereocenters. The number of hydrogen-bond donors (Lipinski definition) is 2. The standard InChI is InChI=1S/C7H6BrN7O2/c8-4-1-9-2-5(15(16)17)7(4)10-3-6-11-13-14-12-6/h1-2H,3H2,(H,9,10)(H,11,12,13,14). The highest BCUT2D eigenvalue weighted by molar-refractivity contribution is 9.10. The lowest BCUT2D eigenvalue weighted by Gasteiger charge is -2.05. The SMILES string of the molecule is O=[N+]([O-])c1cncc(Br)c1NCc1nn[nH]n1. The Morgan fingerprint density at radius 2 is 2.35 bits per heavy atom. The van der Waals surface area contributed by atoms with Gasteiger partial charge in [0.15, 0.2) is 5.82 Å². The molecular formula is C7H6BrN7O2. The summed E-state index contributed by atoms with van der Waals surface area (Å²) in [6.07, 6.45) is 2.63. The molecule has 0 aromatic carbocycles. The number of nitrogens with zero attached hydrogens (tertiary/aromatic N) is 5. The maximum absolute atomic E-state index is 10.8. The second-order valence-electron chi connectivity index (χ2n) is 2.95. The molecule has 0 bridgehead atoms. The van der Waals surface area contributed by atoms with Crippen LogP contribution < -0.4 is 5.32 Å². The predicted octanol–water partition coefficient (Wildman–Crippen LogP) is 0.877. The first-order chi connectivity index (χ1) is 8.18. The number of tetrazole rings is 1. The second-order valence-corrected chi connectivity index (χ2v) is 3.81. The smallest absolute Gasteiger partial charge is 0.311 e. The van der Waals surface area contributed by atoms with Crippen LogP contribution in [0.25, 0.3) is 0 Å². The lowest BCUT2D eigenvalue weighted by atomic mass is 10.3. The molecule has 2 aromatic heterocycles. The third kappa shape index (κ3) is 2.53. The second kappa shape index (κ2) is 4.82. The fraction of sp³-hybridized carbons (Fsp3) is 0.143. The molecule has 0 saturated heterocycles. The van der Waals surface area contributed by atoms with E-state index in [4.69, 9.17) is 0 Å². The third-order valence-corrected chi connectivity index (χ3v) is 2.49. The number of halogens is 1. The largest absolute Gasteiger partial charge is 0.371 e. The molecule has 88 valence electrons. The van der Waals surface area contributed by atoms with Gasteiger partial charge in [0.1, 0.15) is 11.9 Å². The molecule has 2 heterocycles. The fourth-order valence-electron chi connectivity index (χ4n) is 1.16. The van der Waals surface area contributed by atoms with Gasteiger partial charge in [-0.05, 0) is 15.9 Å². The topological polar surface area (TPSA) is 123 Å². The van der Waals surface area contributed by atoms with Gasteiger partial charge >= 0.3 is 5.69 Å². The molecule has 0 fully saturated rings. The number of aromatic amines is 1. The zero-order chi connectivity index (χ0) is 12.3. The Bertz CT molecular complexity index is 529. The summed E-state index contributed by atoms with van der Waals surface area (Å²) < 4.78 is 0.496. The van der Waals surface area contributed by atoms with Gasteiger partial charge in [0.2, 0.25) is 0 Å². The summed E-state index contributed by atoms with van der Waals surface area (Å²) in [6.45, 7) is 0.222.